The van der Waals surface area contributed by atoms with Gasteiger partial charge in [0.1, 0.15) is 13.2 Å². The zero-order valence-electron chi connectivity index (χ0n) is 36.8. The molecular weight excluding hydrogens is 673 g/mol. The molecule has 6 nitrogen and oxygen atoms in total. The van der Waals surface area contributed by atoms with Crippen LogP contribution in [0.1, 0.15) is 259 Å². The van der Waals surface area contributed by atoms with Crippen LogP contribution in [0.25, 0.3) is 0 Å². The van der Waals surface area contributed by atoms with E-state index in [1.807, 2.05) is 0 Å². The Morgan fingerprint density at radius 1 is 0.389 bits per heavy atom. The SMILES string of the molecule is CCCCCCCCCCCCCCCCC(=O)OC[C@H](COC(=O)CCCCCCCCCCCC(C)C)OC(=O)CCCCCCCCC(C)CC. The second kappa shape index (κ2) is 41.1. The summed E-state index contributed by atoms with van der Waals surface area (Å²) in [6, 6.07) is 0. The zero-order chi connectivity index (χ0) is 39.7. The van der Waals surface area contributed by atoms with E-state index in [1.165, 1.54) is 148 Å². The van der Waals surface area contributed by atoms with Crippen LogP contribution in [-0.4, -0.2) is 37.2 Å². The summed E-state index contributed by atoms with van der Waals surface area (Å²) in [5, 5.41) is 0. The van der Waals surface area contributed by atoms with E-state index in [4.69, 9.17) is 14.2 Å². The van der Waals surface area contributed by atoms with Crippen LogP contribution in [0, 0.1) is 11.8 Å². The Labute approximate surface area is 336 Å². The number of rotatable bonds is 42. The van der Waals surface area contributed by atoms with Crippen LogP contribution < -0.4 is 0 Å². The standard InChI is InChI=1S/C48H92O6/c1-6-8-9-10-11-12-13-14-15-16-19-22-28-33-38-46(49)52-41-45(54-48(51)40-35-30-25-24-27-32-37-44(5)7-2)42-53-47(50)39-34-29-23-20-17-18-21-26-31-36-43(3)4/h43-45H,6-42H2,1-5H3/t44?,45-/m1/s1. The van der Waals surface area contributed by atoms with E-state index in [0.717, 1.165) is 69.6 Å². The van der Waals surface area contributed by atoms with Crippen molar-refractivity contribution in [2.75, 3.05) is 13.2 Å². The first kappa shape index (κ1) is 52.4. The first-order chi connectivity index (χ1) is 26.3. The van der Waals surface area contributed by atoms with Gasteiger partial charge in [0.2, 0.25) is 0 Å². The van der Waals surface area contributed by atoms with E-state index < -0.39 is 6.10 Å². The molecule has 0 N–H and O–H groups in total. The highest BCUT2D eigenvalue weighted by molar-refractivity contribution is 5.71. The molecule has 0 bridgehead atoms. The van der Waals surface area contributed by atoms with E-state index in [9.17, 15) is 14.4 Å². The molecule has 0 aliphatic carbocycles. The highest BCUT2D eigenvalue weighted by Gasteiger charge is 2.19. The van der Waals surface area contributed by atoms with Crippen LogP contribution in [0.4, 0.5) is 0 Å². The Balaban J connectivity index is 4.32. The maximum atomic E-state index is 12.7. The van der Waals surface area contributed by atoms with Gasteiger partial charge >= 0.3 is 17.9 Å². The molecule has 0 aromatic rings. The minimum Gasteiger partial charge on any atom is -0.462 e. The van der Waals surface area contributed by atoms with Crippen molar-refractivity contribution in [2.45, 2.75) is 265 Å². The van der Waals surface area contributed by atoms with Crippen LogP contribution in [0.2, 0.25) is 0 Å². The van der Waals surface area contributed by atoms with Crippen molar-refractivity contribution in [3.05, 3.63) is 0 Å². The summed E-state index contributed by atoms with van der Waals surface area (Å²) in [4.78, 5) is 37.7. The van der Waals surface area contributed by atoms with Gasteiger partial charge in [0.15, 0.2) is 6.10 Å². The maximum absolute atomic E-state index is 12.7. The Morgan fingerprint density at radius 2 is 0.704 bits per heavy atom. The number of hydrogen-bond donors (Lipinski definition) is 0. The summed E-state index contributed by atoms with van der Waals surface area (Å²) in [7, 11) is 0. The number of esters is 3. The van der Waals surface area contributed by atoms with Gasteiger partial charge in [-0.05, 0) is 31.1 Å². The van der Waals surface area contributed by atoms with Crippen molar-refractivity contribution in [1.29, 1.82) is 0 Å². The van der Waals surface area contributed by atoms with E-state index >= 15 is 0 Å². The molecule has 0 aromatic heterocycles. The fourth-order valence-corrected chi connectivity index (χ4v) is 7.07. The Kier molecular flexibility index (Phi) is 39.8. The van der Waals surface area contributed by atoms with Crippen LogP contribution in [-0.2, 0) is 28.6 Å². The highest BCUT2D eigenvalue weighted by Crippen LogP contribution is 2.17. The molecule has 0 heterocycles. The molecule has 0 rings (SSSR count). The summed E-state index contributed by atoms with van der Waals surface area (Å²) >= 11 is 0. The molecule has 320 valence electrons. The van der Waals surface area contributed by atoms with Crippen LogP contribution in [0.3, 0.4) is 0 Å². The summed E-state index contributed by atoms with van der Waals surface area (Å²) in [6.45, 7) is 11.3. The number of carbonyl (C=O) groups excluding carboxylic acids is 3. The van der Waals surface area contributed by atoms with Crippen molar-refractivity contribution >= 4 is 17.9 Å². The summed E-state index contributed by atoms with van der Waals surface area (Å²) in [5.74, 6) is 0.760. The Bertz CT molecular complexity index is 826. The van der Waals surface area contributed by atoms with Crippen molar-refractivity contribution in [1.82, 2.24) is 0 Å². The van der Waals surface area contributed by atoms with Crippen molar-refractivity contribution < 1.29 is 28.6 Å². The third-order valence-electron chi connectivity index (χ3n) is 11.1. The van der Waals surface area contributed by atoms with Gasteiger partial charge in [0.05, 0.1) is 0 Å². The van der Waals surface area contributed by atoms with Gasteiger partial charge in [-0.15, -0.1) is 0 Å². The molecule has 0 fully saturated rings. The largest absolute Gasteiger partial charge is 0.462 e. The smallest absolute Gasteiger partial charge is 0.306 e. The third kappa shape index (κ3) is 40.1. The first-order valence-corrected chi connectivity index (χ1v) is 23.8. The maximum Gasteiger partial charge on any atom is 0.306 e. The molecule has 0 aromatic carbocycles. The van der Waals surface area contributed by atoms with Crippen molar-refractivity contribution in [2.24, 2.45) is 11.8 Å². The zero-order valence-corrected chi connectivity index (χ0v) is 36.8. The van der Waals surface area contributed by atoms with Gasteiger partial charge in [-0.1, -0.05) is 221 Å². The van der Waals surface area contributed by atoms with E-state index in [1.54, 1.807) is 0 Å². The third-order valence-corrected chi connectivity index (χ3v) is 11.1. The van der Waals surface area contributed by atoms with Gasteiger partial charge in [0, 0.05) is 19.3 Å². The molecule has 1 unspecified atom stereocenters. The first-order valence-electron chi connectivity index (χ1n) is 23.8. The van der Waals surface area contributed by atoms with E-state index in [-0.39, 0.29) is 31.1 Å². The molecule has 54 heavy (non-hydrogen) atoms. The normalized spacial score (nSPS) is 12.6. The van der Waals surface area contributed by atoms with E-state index in [2.05, 4.69) is 34.6 Å². The predicted octanol–water partition coefficient (Wildman–Crippen LogP) is 15.0. The summed E-state index contributed by atoms with van der Waals surface area (Å²) in [5.41, 5.74) is 0. The Morgan fingerprint density at radius 3 is 1.06 bits per heavy atom. The molecule has 0 amide bonds. The molecule has 0 aliphatic rings. The lowest BCUT2D eigenvalue weighted by molar-refractivity contribution is -0.167. The monoisotopic (exact) mass is 765 g/mol. The topological polar surface area (TPSA) is 78.9 Å². The molecule has 0 saturated heterocycles. The summed E-state index contributed by atoms with van der Waals surface area (Å²) in [6.07, 6.45) is 39.5. The predicted molar refractivity (Wildman–Crippen MR) is 229 cm³/mol. The van der Waals surface area contributed by atoms with Gasteiger partial charge in [-0.25, -0.2) is 0 Å². The fourth-order valence-electron chi connectivity index (χ4n) is 7.07. The lowest BCUT2D eigenvalue weighted by atomic mass is 10.00. The van der Waals surface area contributed by atoms with Gasteiger partial charge in [-0.2, -0.15) is 0 Å². The quantitative estimate of drug-likeness (QED) is 0.0350. The molecule has 0 radical (unpaired) electrons. The van der Waals surface area contributed by atoms with Crippen LogP contribution in [0.15, 0.2) is 0 Å². The number of carbonyl (C=O) groups is 3. The average Bonchev–Trinajstić information content (AvgIpc) is 3.15. The second-order valence-electron chi connectivity index (χ2n) is 17.1. The van der Waals surface area contributed by atoms with Gasteiger partial charge in [0.25, 0.3) is 0 Å². The molecule has 0 aliphatic heterocycles. The molecule has 6 heteroatoms. The average molecular weight is 765 g/mol. The minimum absolute atomic E-state index is 0.0654. The van der Waals surface area contributed by atoms with Gasteiger partial charge < -0.3 is 14.2 Å². The van der Waals surface area contributed by atoms with Crippen LogP contribution in [0.5, 0.6) is 0 Å². The molecule has 0 saturated carbocycles. The summed E-state index contributed by atoms with van der Waals surface area (Å²) < 4.78 is 16.7. The lowest BCUT2D eigenvalue weighted by Gasteiger charge is -2.18. The highest BCUT2D eigenvalue weighted by atomic mass is 16.6. The number of hydrogen-bond acceptors (Lipinski definition) is 6. The molecular formula is C48H92O6. The van der Waals surface area contributed by atoms with Crippen molar-refractivity contribution in [3.8, 4) is 0 Å². The van der Waals surface area contributed by atoms with Crippen LogP contribution >= 0.6 is 0 Å². The number of ether oxygens (including phenoxy) is 3. The van der Waals surface area contributed by atoms with Crippen molar-refractivity contribution in [3.63, 3.8) is 0 Å². The minimum atomic E-state index is -0.761. The number of unbranched alkanes of at least 4 members (excludes halogenated alkanes) is 26. The molecule has 2 atom stereocenters. The molecule has 0 spiro atoms. The fraction of sp³-hybridized carbons (Fsp3) is 0.938. The Hall–Kier alpha value is -1.59. The van der Waals surface area contributed by atoms with Gasteiger partial charge in [-0.3, -0.25) is 14.4 Å². The lowest BCUT2D eigenvalue weighted by Crippen LogP contribution is -2.30. The van der Waals surface area contributed by atoms with E-state index in [0.29, 0.717) is 19.3 Å². The second-order valence-corrected chi connectivity index (χ2v) is 17.1.